The van der Waals surface area contributed by atoms with E-state index in [1.165, 1.54) is 6.92 Å². The third-order valence-corrected chi connectivity index (χ3v) is 7.78. The molecule has 2 N–H and O–H groups in total. The van der Waals surface area contributed by atoms with E-state index in [2.05, 4.69) is 11.4 Å². The van der Waals surface area contributed by atoms with Gasteiger partial charge in [0.05, 0.1) is 17.7 Å². The molecule has 3 aromatic rings. The molecule has 1 aliphatic rings. The first kappa shape index (κ1) is 31.0. The van der Waals surface area contributed by atoms with Gasteiger partial charge in [0.15, 0.2) is 0 Å². The number of benzene rings is 3. The Morgan fingerprint density at radius 3 is 2.10 bits per heavy atom. The lowest BCUT2D eigenvalue weighted by molar-refractivity contribution is -0.181. The van der Waals surface area contributed by atoms with Gasteiger partial charge in [-0.3, -0.25) is 14.4 Å². The molecule has 1 heterocycles. The SMILES string of the molecule is CCC[C@H](C(=O)N[C@@H](C)C(=O)O)N1C(=O)[C@H](Cc2ccc(C#N)cc2)O[C@@H](c2ccc(Cl)cc2)[C@H]1c1ccc(Cl)cc1. The number of amides is 2. The fourth-order valence-electron chi connectivity index (χ4n) is 5.12. The van der Waals surface area contributed by atoms with Crippen molar-refractivity contribution in [1.29, 1.82) is 5.26 Å². The lowest BCUT2D eigenvalue weighted by Crippen LogP contribution is -2.60. The number of nitrogens with one attached hydrogen (secondary N) is 1. The summed E-state index contributed by atoms with van der Waals surface area (Å²) in [6.45, 7) is 3.28. The second-order valence-corrected chi connectivity index (χ2v) is 11.1. The van der Waals surface area contributed by atoms with Crippen LogP contribution in [0.15, 0.2) is 72.8 Å². The molecule has 0 bridgehead atoms. The highest BCUT2D eigenvalue weighted by molar-refractivity contribution is 6.30. The molecule has 0 unspecified atom stereocenters. The number of aliphatic carboxylic acids is 1. The van der Waals surface area contributed by atoms with E-state index in [-0.39, 0.29) is 6.42 Å². The number of morpholine rings is 1. The molecule has 2 amide bonds. The third kappa shape index (κ3) is 7.11. The van der Waals surface area contributed by atoms with Crippen LogP contribution in [0.2, 0.25) is 10.0 Å². The Balaban J connectivity index is 1.85. The molecule has 10 heteroatoms. The second kappa shape index (κ2) is 13.8. The summed E-state index contributed by atoms with van der Waals surface area (Å²) in [4.78, 5) is 41.2. The minimum Gasteiger partial charge on any atom is -0.480 e. The lowest BCUT2D eigenvalue weighted by Gasteiger charge is -2.48. The maximum atomic E-state index is 14.4. The zero-order valence-corrected chi connectivity index (χ0v) is 24.7. The topological polar surface area (TPSA) is 120 Å². The number of hydrogen-bond donors (Lipinski definition) is 2. The molecule has 0 spiro atoms. The zero-order valence-electron chi connectivity index (χ0n) is 23.2. The van der Waals surface area contributed by atoms with Crippen LogP contribution in [0.1, 0.15) is 61.1 Å². The second-order valence-electron chi connectivity index (χ2n) is 10.2. The Kier molecular flexibility index (Phi) is 10.2. The normalized spacial score (nSPS) is 19.9. The van der Waals surface area contributed by atoms with E-state index in [9.17, 15) is 24.8 Å². The smallest absolute Gasteiger partial charge is 0.325 e. The molecular weight excluding hydrogens is 577 g/mol. The summed E-state index contributed by atoms with van der Waals surface area (Å²) >= 11 is 12.4. The van der Waals surface area contributed by atoms with Crippen molar-refractivity contribution in [2.75, 3.05) is 0 Å². The highest BCUT2D eigenvalue weighted by atomic mass is 35.5. The van der Waals surface area contributed by atoms with Gasteiger partial charge >= 0.3 is 5.97 Å². The molecule has 5 atom stereocenters. The van der Waals surface area contributed by atoms with Crippen LogP contribution in [0, 0.1) is 11.3 Å². The number of nitriles is 1. The first-order valence-electron chi connectivity index (χ1n) is 13.6. The molecule has 42 heavy (non-hydrogen) atoms. The molecule has 0 saturated carbocycles. The number of carbonyl (C=O) groups excluding carboxylic acids is 2. The van der Waals surface area contributed by atoms with Gasteiger partial charge in [-0.15, -0.1) is 0 Å². The van der Waals surface area contributed by atoms with Gasteiger partial charge in [0.1, 0.15) is 24.3 Å². The average Bonchev–Trinajstić information content (AvgIpc) is 2.98. The van der Waals surface area contributed by atoms with Crippen molar-refractivity contribution in [3.05, 3.63) is 105 Å². The number of nitrogens with zero attached hydrogens (tertiary/aromatic N) is 2. The van der Waals surface area contributed by atoms with Crippen molar-refractivity contribution < 1.29 is 24.2 Å². The summed E-state index contributed by atoms with van der Waals surface area (Å²) in [7, 11) is 0. The van der Waals surface area contributed by atoms with Crippen LogP contribution in [-0.4, -0.2) is 46.0 Å². The third-order valence-electron chi connectivity index (χ3n) is 7.27. The first-order chi connectivity index (χ1) is 20.1. The summed E-state index contributed by atoms with van der Waals surface area (Å²) in [5.41, 5.74) is 2.72. The molecule has 1 fully saturated rings. The van der Waals surface area contributed by atoms with Crippen molar-refractivity contribution in [3.8, 4) is 6.07 Å². The van der Waals surface area contributed by atoms with E-state index in [1.807, 2.05) is 19.1 Å². The van der Waals surface area contributed by atoms with Gasteiger partial charge in [-0.05, 0) is 66.4 Å². The van der Waals surface area contributed by atoms with Crippen LogP contribution < -0.4 is 5.32 Å². The largest absolute Gasteiger partial charge is 0.480 e. The van der Waals surface area contributed by atoms with Gasteiger partial charge in [-0.25, -0.2) is 0 Å². The highest BCUT2D eigenvalue weighted by Gasteiger charge is 2.48. The lowest BCUT2D eigenvalue weighted by atomic mass is 9.88. The van der Waals surface area contributed by atoms with E-state index in [0.29, 0.717) is 34.0 Å². The summed E-state index contributed by atoms with van der Waals surface area (Å²) in [6, 6.07) is 20.2. The predicted octanol–water partition coefficient (Wildman–Crippen LogP) is 5.88. The van der Waals surface area contributed by atoms with E-state index in [1.54, 1.807) is 65.6 Å². The molecule has 0 aliphatic carbocycles. The fourth-order valence-corrected chi connectivity index (χ4v) is 5.37. The standard InChI is InChI=1S/C32H31Cl2N3O5/c1-3-4-26(30(38)36-19(2)32(40)41)37-28(22-9-13-24(33)14-10-22)29(23-11-15-25(34)16-12-23)42-27(31(37)39)17-20-5-7-21(18-35)8-6-20/h5-16,19,26-29H,3-4,17H2,1-2H3,(H,36,38)(H,40,41)/t19-,26+,27-,28+,29-/m0/s1. The van der Waals surface area contributed by atoms with Crippen molar-refractivity contribution in [2.24, 2.45) is 0 Å². The van der Waals surface area contributed by atoms with Crippen molar-refractivity contribution in [3.63, 3.8) is 0 Å². The summed E-state index contributed by atoms with van der Waals surface area (Å²) < 4.78 is 6.58. The quantitative estimate of drug-likeness (QED) is 0.297. The van der Waals surface area contributed by atoms with Crippen LogP contribution >= 0.6 is 23.2 Å². The molecule has 4 rings (SSSR count). The average molecular weight is 609 g/mol. The first-order valence-corrected chi connectivity index (χ1v) is 14.4. The van der Waals surface area contributed by atoms with Crippen LogP contribution in [0.5, 0.6) is 0 Å². The zero-order chi connectivity index (χ0) is 30.4. The van der Waals surface area contributed by atoms with Gasteiger partial charge in [0.2, 0.25) is 5.91 Å². The van der Waals surface area contributed by atoms with Crippen LogP contribution in [0.25, 0.3) is 0 Å². The maximum absolute atomic E-state index is 14.4. The van der Waals surface area contributed by atoms with Gasteiger partial charge in [-0.2, -0.15) is 5.26 Å². The Hall–Kier alpha value is -3.90. The Morgan fingerprint density at radius 2 is 1.57 bits per heavy atom. The molecule has 218 valence electrons. The molecule has 1 aliphatic heterocycles. The summed E-state index contributed by atoms with van der Waals surface area (Å²) in [6.07, 6.45) is -0.612. The van der Waals surface area contributed by atoms with E-state index >= 15 is 0 Å². The van der Waals surface area contributed by atoms with E-state index in [0.717, 1.165) is 11.1 Å². The number of carboxylic acid groups (broad SMARTS) is 1. The number of carbonyl (C=O) groups is 3. The van der Waals surface area contributed by atoms with Crippen LogP contribution in [0.4, 0.5) is 0 Å². The summed E-state index contributed by atoms with van der Waals surface area (Å²) in [5, 5.41) is 22.3. The number of ether oxygens (including phenoxy) is 1. The van der Waals surface area contributed by atoms with Gasteiger partial charge in [-0.1, -0.05) is 72.9 Å². The number of hydrogen-bond acceptors (Lipinski definition) is 5. The van der Waals surface area contributed by atoms with Gasteiger partial charge in [0.25, 0.3) is 5.91 Å². The molecule has 1 saturated heterocycles. The fraction of sp³-hybridized carbons (Fsp3) is 0.312. The van der Waals surface area contributed by atoms with Crippen LogP contribution in [-0.2, 0) is 25.5 Å². The Bertz CT molecular complexity index is 1460. The maximum Gasteiger partial charge on any atom is 0.325 e. The molecule has 8 nitrogen and oxygen atoms in total. The monoisotopic (exact) mass is 607 g/mol. The van der Waals surface area contributed by atoms with Gasteiger partial charge in [0, 0.05) is 16.5 Å². The van der Waals surface area contributed by atoms with Crippen molar-refractivity contribution in [2.45, 2.75) is 63.4 Å². The Labute approximate surface area is 254 Å². The molecular formula is C32H31Cl2N3O5. The molecule has 0 radical (unpaired) electrons. The summed E-state index contributed by atoms with van der Waals surface area (Å²) in [5.74, 6) is -2.15. The number of halogens is 2. The predicted molar refractivity (Wildman–Crippen MR) is 159 cm³/mol. The van der Waals surface area contributed by atoms with Crippen molar-refractivity contribution >= 4 is 41.0 Å². The Morgan fingerprint density at radius 1 is 1.00 bits per heavy atom. The van der Waals surface area contributed by atoms with Crippen molar-refractivity contribution in [1.82, 2.24) is 10.2 Å². The minimum atomic E-state index is -1.18. The molecule has 3 aromatic carbocycles. The number of rotatable bonds is 10. The van der Waals surface area contributed by atoms with E-state index < -0.39 is 48.1 Å². The number of carboxylic acids is 1. The van der Waals surface area contributed by atoms with E-state index in [4.69, 9.17) is 27.9 Å². The van der Waals surface area contributed by atoms with Gasteiger partial charge < -0.3 is 20.1 Å². The molecule has 0 aromatic heterocycles. The minimum absolute atomic E-state index is 0.199. The van der Waals surface area contributed by atoms with Crippen LogP contribution in [0.3, 0.4) is 0 Å². The highest BCUT2D eigenvalue weighted by Crippen LogP contribution is 2.44.